The zero-order valence-electron chi connectivity index (χ0n) is 32.6. The van der Waals surface area contributed by atoms with E-state index in [1.165, 1.54) is 116 Å². The molecule has 5 heteroatoms. The highest BCUT2D eigenvalue weighted by Crippen LogP contribution is 2.13. The zero-order chi connectivity index (χ0) is 36.4. The van der Waals surface area contributed by atoms with E-state index in [9.17, 15) is 14.7 Å². The first-order valence-corrected chi connectivity index (χ1v) is 20.8. The Morgan fingerprint density at radius 1 is 0.460 bits per heavy atom. The maximum absolute atomic E-state index is 12.2. The smallest absolute Gasteiger partial charge is 0.306 e. The van der Waals surface area contributed by atoms with Crippen molar-refractivity contribution in [1.29, 1.82) is 0 Å². The molecule has 0 rings (SSSR count). The highest BCUT2D eigenvalue weighted by Gasteiger charge is 2.15. The fourth-order valence-corrected chi connectivity index (χ4v) is 5.60. The molecule has 0 saturated carbocycles. The van der Waals surface area contributed by atoms with Crippen molar-refractivity contribution >= 4 is 11.9 Å². The Morgan fingerprint density at radius 2 is 0.820 bits per heavy atom. The van der Waals surface area contributed by atoms with E-state index in [1.807, 2.05) is 0 Å². The number of hydrogen-bond donors (Lipinski definition) is 1. The van der Waals surface area contributed by atoms with E-state index in [4.69, 9.17) is 9.47 Å². The SMILES string of the molecule is CCCCC/C=C/C/C=C/C/C=C/C/C=C/CCCC(=O)O[C@@H](CO)COC(=O)CCCCCCCCCCC/C=C/CCCCCCCC. The van der Waals surface area contributed by atoms with Crippen molar-refractivity contribution in [3.05, 3.63) is 60.8 Å². The summed E-state index contributed by atoms with van der Waals surface area (Å²) in [6, 6.07) is 0. The van der Waals surface area contributed by atoms with Gasteiger partial charge in [-0.05, 0) is 77.0 Å². The maximum Gasteiger partial charge on any atom is 0.306 e. The first-order valence-electron chi connectivity index (χ1n) is 20.8. The molecule has 1 atom stereocenters. The van der Waals surface area contributed by atoms with Gasteiger partial charge in [0.15, 0.2) is 6.10 Å². The number of rotatable bonds is 37. The van der Waals surface area contributed by atoms with Crippen LogP contribution in [-0.4, -0.2) is 36.4 Å². The van der Waals surface area contributed by atoms with Crippen molar-refractivity contribution < 1.29 is 24.2 Å². The second-order valence-corrected chi connectivity index (χ2v) is 13.7. The molecule has 0 spiro atoms. The summed E-state index contributed by atoms with van der Waals surface area (Å²) in [6.45, 7) is 4.06. The summed E-state index contributed by atoms with van der Waals surface area (Å²) < 4.78 is 10.6. The number of carbonyl (C=O) groups is 2. The van der Waals surface area contributed by atoms with Crippen molar-refractivity contribution in [2.45, 2.75) is 200 Å². The monoisotopic (exact) mass is 699 g/mol. The zero-order valence-corrected chi connectivity index (χ0v) is 32.6. The molecular weight excluding hydrogens is 620 g/mol. The lowest BCUT2D eigenvalue weighted by Gasteiger charge is -2.15. The summed E-state index contributed by atoms with van der Waals surface area (Å²) in [4.78, 5) is 24.3. The number of ether oxygens (including phenoxy) is 2. The number of allylic oxidation sites excluding steroid dienone is 10. The van der Waals surface area contributed by atoms with Gasteiger partial charge in [0.2, 0.25) is 0 Å². The second kappa shape index (κ2) is 41.0. The molecule has 0 heterocycles. The number of carbonyl (C=O) groups excluding carboxylic acids is 2. The Hall–Kier alpha value is -2.40. The summed E-state index contributed by atoms with van der Waals surface area (Å²) in [5.41, 5.74) is 0. The van der Waals surface area contributed by atoms with E-state index in [0.29, 0.717) is 12.8 Å². The molecule has 0 amide bonds. The van der Waals surface area contributed by atoms with Gasteiger partial charge in [-0.2, -0.15) is 0 Å². The van der Waals surface area contributed by atoms with Crippen molar-refractivity contribution in [3.63, 3.8) is 0 Å². The van der Waals surface area contributed by atoms with Crippen molar-refractivity contribution in [2.75, 3.05) is 13.2 Å². The lowest BCUT2D eigenvalue weighted by Crippen LogP contribution is -2.28. The fourth-order valence-electron chi connectivity index (χ4n) is 5.60. The Bertz CT molecular complexity index is 884. The predicted molar refractivity (Wildman–Crippen MR) is 214 cm³/mol. The molecule has 5 nitrogen and oxygen atoms in total. The van der Waals surface area contributed by atoms with Gasteiger partial charge in [-0.15, -0.1) is 0 Å². The Labute approximate surface area is 309 Å². The number of aliphatic hydroxyl groups excluding tert-OH is 1. The van der Waals surface area contributed by atoms with E-state index in [0.717, 1.165) is 44.9 Å². The molecule has 0 aromatic heterocycles. The molecule has 0 radical (unpaired) electrons. The third kappa shape index (κ3) is 38.4. The molecule has 0 fully saturated rings. The van der Waals surface area contributed by atoms with Crippen LogP contribution in [0.15, 0.2) is 60.8 Å². The van der Waals surface area contributed by atoms with Crippen LogP contribution >= 0.6 is 0 Å². The minimum absolute atomic E-state index is 0.0901. The lowest BCUT2D eigenvalue weighted by molar-refractivity contribution is -0.161. The molecule has 50 heavy (non-hydrogen) atoms. The van der Waals surface area contributed by atoms with Crippen molar-refractivity contribution in [3.8, 4) is 0 Å². The third-order valence-electron chi connectivity index (χ3n) is 8.78. The predicted octanol–water partition coefficient (Wildman–Crippen LogP) is 13.2. The van der Waals surface area contributed by atoms with Gasteiger partial charge in [0.25, 0.3) is 0 Å². The number of unbranched alkanes of at least 4 members (excludes halogenated alkanes) is 19. The molecule has 0 saturated heterocycles. The topological polar surface area (TPSA) is 72.8 Å². The summed E-state index contributed by atoms with van der Waals surface area (Å²) in [7, 11) is 0. The van der Waals surface area contributed by atoms with Gasteiger partial charge >= 0.3 is 11.9 Å². The van der Waals surface area contributed by atoms with Crippen LogP contribution in [0.1, 0.15) is 194 Å². The highest BCUT2D eigenvalue weighted by molar-refractivity contribution is 5.70. The first kappa shape index (κ1) is 47.6. The summed E-state index contributed by atoms with van der Waals surface area (Å²) in [5, 5.41) is 9.56. The molecule has 1 N–H and O–H groups in total. The quantitative estimate of drug-likeness (QED) is 0.0397. The van der Waals surface area contributed by atoms with E-state index in [2.05, 4.69) is 74.6 Å². The molecule has 0 aliphatic carbocycles. The van der Waals surface area contributed by atoms with Gasteiger partial charge in [-0.3, -0.25) is 9.59 Å². The number of aliphatic hydroxyl groups is 1. The van der Waals surface area contributed by atoms with Gasteiger partial charge in [0.05, 0.1) is 6.61 Å². The molecule has 288 valence electrons. The van der Waals surface area contributed by atoms with Gasteiger partial charge in [0.1, 0.15) is 6.61 Å². The average Bonchev–Trinajstić information content (AvgIpc) is 3.12. The molecule has 0 unspecified atom stereocenters. The molecule has 0 aromatic carbocycles. The van der Waals surface area contributed by atoms with Crippen LogP contribution in [0.25, 0.3) is 0 Å². The van der Waals surface area contributed by atoms with Gasteiger partial charge in [-0.1, -0.05) is 164 Å². The van der Waals surface area contributed by atoms with Crippen LogP contribution in [0, 0.1) is 0 Å². The summed E-state index contributed by atoms with van der Waals surface area (Å²) >= 11 is 0. The largest absolute Gasteiger partial charge is 0.462 e. The van der Waals surface area contributed by atoms with Crippen LogP contribution in [0.4, 0.5) is 0 Å². The summed E-state index contributed by atoms with van der Waals surface area (Å²) in [5.74, 6) is -0.660. The third-order valence-corrected chi connectivity index (χ3v) is 8.78. The van der Waals surface area contributed by atoms with Crippen LogP contribution in [0.3, 0.4) is 0 Å². The van der Waals surface area contributed by atoms with Gasteiger partial charge in [0, 0.05) is 12.8 Å². The molecule has 0 bridgehead atoms. The van der Waals surface area contributed by atoms with Crippen molar-refractivity contribution in [2.24, 2.45) is 0 Å². The molecule has 0 aliphatic heterocycles. The van der Waals surface area contributed by atoms with Crippen LogP contribution in [-0.2, 0) is 19.1 Å². The highest BCUT2D eigenvalue weighted by atomic mass is 16.6. The van der Waals surface area contributed by atoms with E-state index < -0.39 is 6.10 Å². The fraction of sp³-hybridized carbons (Fsp3) is 0.733. The Kier molecular flexibility index (Phi) is 39.1. The van der Waals surface area contributed by atoms with Gasteiger partial charge < -0.3 is 14.6 Å². The van der Waals surface area contributed by atoms with Crippen LogP contribution in [0.5, 0.6) is 0 Å². The van der Waals surface area contributed by atoms with E-state index in [-0.39, 0.29) is 31.6 Å². The molecule has 0 aliphatic rings. The standard InChI is InChI=1S/C45H78O5/c1-3-5-7-9-11-13-15-17-19-21-22-24-25-27-29-31-33-35-37-39-44(47)49-42-43(41-46)50-45(48)40-38-36-34-32-30-28-26-23-20-18-16-14-12-10-8-6-4-2/h12,14,17-20,26,28,32,34,43,46H,3-11,13,15-16,21-25,27,29-31,33,35-42H2,1-2H3/b14-12+,19-17+,20-18+,28-26+,34-32+/t43-/m0/s1. The Morgan fingerprint density at radius 3 is 1.32 bits per heavy atom. The summed E-state index contributed by atoms with van der Waals surface area (Å²) in [6.07, 6.45) is 52.9. The van der Waals surface area contributed by atoms with E-state index in [1.54, 1.807) is 0 Å². The first-order chi connectivity index (χ1) is 24.6. The van der Waals surface area contributed by atoms with E-state index >= 15 is 0 Å². The number of hydrogen-bond acceptors (Lipinski definition) is 5. The van der Waals surface area contributed by atoms with Crippen LogP contribution in [0.2, 0.25) is 0 Å². The second-order valence-electron chi connectivity index (χ2n) is 13.7. The van der Waals surface area contributed by atoms with Crippen LogP contribution < -0.4 is 0 Å². The van der Waals surface area contributed by atoms with Crippen molar-refractivity contribution in [1.82, 2.24) is 0 Å². The molecular formula is C45H78O5. The number of esters is 2. The molecule has 0 aromatic rings. The minimum Gasteiger partial charge on any atom is -0.462 e. The average molecular weight is 699 g/mol. The Balaban J connectivity index is 3.63. The minimum atomic E-state index is -0.802. The maximum atomic E-state index is 12.2. The lowest BCUT2D eigenvalue weighted by atomic mass is 10.1. The normalized spacial score (nSPS) is 12.8. The van der Waals surface area contributed by atoms with Gasteiger partial charge in [-0.25, -0.2) is 0 Å².